The highest BCUT2D eigenvalue weighted by Gasteiger charge is 2.16. The molecule has 1 aromatic heterocycles. The zero-order valence-electron chi connectivity index (χ0n) is 11.1. The van der Waals surface area contributed by atoms with Gasteiger partial charge in [-0.15, -0.1) is 0 Å². The van der Waals surface area contributed by atoms with Gasteiger partial charge in [0.2, 0.25) is 0 Å². The zero-order valence-corrected chi connectivity index (χ0v) is 11.1. The van der Waals surface area contributed by atoms with Crippen molar-refractivity contribution in [2.24, 2.45) is 0 Å². The first-order chi connectivity index (χ1) is 8.44. The number of ether oxygens (including phenoxy) is 1. The Balaban J connectivity index is 2.42. The van der Waals surface area contributed by atoms with E-state index < -0.39 is 5.97 Å². The molecular formula is C13H20N2O3. The minimum atomic E-state index is -0.959. The SMILES string of the molecule is CCOC(C)(C)CNCc1ccc(C(=O)O)cn1. The summed E-state index contributed by atoms with van der Waals surface area (Å²) in [6.45, 7) is 7.99. The van der Waals surface area contributed by atoms with Crippen LogP contribution in [0.25, 0.3) is 0 Å². The molecule has 0 aliphatic carbocycles. The van der Waals surface area contributed by atoms with Gasteiger partial charge in [-0.25, -0.2) is 4.79 Å². The first-order valence-electron chi connectivity index (χ1n) is 5.97. The summed E-state index contributed by atoms with van der Waals surface area (Å²) in [5.74, 6) is -0.959. The number of aromatic carboxylic acids is 1. The van der Waals surface area contributed by atoms with Gasteiger partial charge in [0, 0.05) is 25.9 Å². The first-order valence-corrected chi connectivity index (χ1v) is 5.97. The van der Waals surface area contributed by atoms with Crippen LogP contribution in [0, 0.1) is 0 Å². The summed E-state index contributed by atoms with van der Waals surface area (Å²) in [6.07, 6.45) is 1.37. The van der Waals surface area contributed by atoms with Crippen LogP contribution >= 0.6 is 0 Å². The van der Waals surface area contributed by atoms with Gasteiger partial charge in [-0.3, -0.25) is 4.98 Å². The Kier molecular flexibility index (Phi) is 5.25. The Bertz CT molecular complexity index is 388. The fourth-order valence-electron chi connectivity index (χ4n) is 1.59. The number of carbonyl (C=O) groups is 1. The van der Waals surface area contributed by atoms with Crippen molar-refractivity contribution in [3.63, 3.8) is 0 Å². The third kappa shape index (κ3) is 4.81. The van der Waals surface area contributed by atoms with Gasteiger partial charge in [0.1, 0.15) is 0 Å². The molecule has 0 fully saturated rings. The largest absolute Gasteiger partial charge is 0.478 e. The molecule has 0 aromatic carbocycles. The first kappa shape index (κ1) is 14.6. The van der Waals surface area contributed by atoms with Gasteiger partial charge < -0.3 is 15.2 Å². The third-order valence-corrected chi connectivity index (χ3v) is 2.46. The minimum absolute atomic E-state index is 0.202. The Hall–Kier alpha value is -1.46. The number of nitrogens with one attached hydrogen (secondary N) is 1. The fraction of sp³-hybridized carbons (Fsp3) is 0.538. The minimum Gasteiger partial charge on any atom is -0.478 e. The molecule has 0 bridgehead atoms. The van der Waals surface area contributed by atoms with Crippen molar-refractivity contribution in [1.29, 1.82) is 0 Å². The van der Waals surface area contributed by atoms with E-state index in [4.69, 9.17) is 9.84 Å². The Morgan fingerprint density at radius 2 is 2.22 bits per heavy atom. The average Bonchev–Trinajstić information content (AvgIpc) is 2.29. The number of hydrogen-bond acceptors (Lipinski definition) is 4. The quantitative estimate of drug-likeness (QED) is 0.772. The molecule has 0 aliphatic rings. The number of pyridine rings is 1. The lowest BCUT2D eigenvalue weighted by atomic mass is 10.1. The highest BCUT2D eigenvalue weighted by Crippen LogP contribution is 2.07. The monoisotopic (exact) mass is 252 g/mol. The lowest BCUT2D eigenvalue weighted by Gasteiger charge is -2.24. The van der Waals surface area contributed by atoms with Crippen LogP contribution in [0.1, 0.15) is 36.8 Å². The van der Waals surface area contributed by atoms with Gasteiger partial charge in [0.25, 0.3) is 0 Å². The van der Waals surface area contributed by atoms with E-state index >= 15 is 0 Å². The lowest BCUT2D eigenvalue weighted by Crippen LogP contribution is -2.37. The van der Waals surface area contributed by atoms with Crippen LogP contribution in [-0.2, 0) is 11.3 Å². The molecule has 5 heteroatoms. The Labute approximate surface area is 107 Å². The maximum atomic E-state index is 10.7. The van der Waals surface area contributed by atoms with Crippen molar-refractivity contribution in [3.8, 4) is 0 Å². The van der Waals surface area contributed by atoms with Crippen molar-refractivity contribution in [1.82, 2.24) is 10.3 Å². The van der Waals surface area contributed by atoms with E-state index in [1.165, 1.54) is 6.20 Å². The number of carboxylic acids is 1. The maximum Gasteiger partial charge on any atom is 0.337 e. The van der Waals surface area contributed by atoms with E-state index in [2.05, 4.69) is 10.3 Å². The predicted molar refractivity (Wildman–Crippen MR) is 68.6 cm³/mol. The number of rotatable bonds is 7. The summed E-state index contributed by atoms with van der Waals surface area (Å²) in [5.41, 5.74) is 0.802. The summed E-state index contributed by atoms with van der Waals surface area (Å²) in [7, 11) is 0. The number of aromatic nitrogens is 1. The third-order valence-electron chi connectivity index (χ3n) is 2.46. The van der Waals surface area contributed by atoms with Crippen LogP contribution in [0.2, 0.25) is 0 Å². The number of nitrogens with zero attached hydrogens (tertiary/aromatic N) is 1. The molecule has 0 saturated carbocycles. The van der Waals surface area contributed by atoms with Crippen molar-refractivity contribution in [3.05, 3.63) is 29.6 Å². The van der Waals surface area contributed by atoms with Crippen LogP contribution in [0.15, 0.2) is 18.3 Å². The van der Waals surface area contributed by atoms with Crippen LogP contribution in [0.3, 0.4) is 0 Å². The number of hydrogen-bond donors (Lipinski definition) is 2. The van der Waals surface area contributed by atoms with Crippen LogP contribution in [-0.4, -0.2) is 34.8 Å². The van der Waals surface area contributed by atoms with Crippen molar-refractivity contribution in [2.75, 3.05) is 13.2 Å². The van der Waals surface area contributed by atoms with Crippen LogP contribution in [0.5, 0.6) is 0 Å². The molecule has 5 nitrogen and oxygen atoms in total. The molecule has 0 amide bonds. The van der Waals surface area contributed by atoms with Crippen molar-refractivity contribution >= 4 is 5.97 Å². The second-order valence-corrected chi connectivity index (χ2v) is 4.64. The molecule has 1 heterocycles. The molecule has 0 saturated heterocycles. The number of carboxylic acid groups (broad SMARTS) is 1. The molecular weight excluding hydrogens is 232 g/mol. The molecule has 0 unspecified atom stereocenters. The normalized spacial score (nSPS) is 11.5. The standard InChI is InChI=1S/C13H20N2O3/c1-4-18-13(2,3)9-14-8-11-6-5-10(7-15-11)12(16)17/h5-7,14H,4,8-9H2,1-3H3,(H,16,17). The van der Waals surface area contributed by atoms with Gasteiger partial charge in [-0.05, 0) is 32.9 Å². The fourth-order valence-corrected chi connectivity index (χ4v) is 1.59. The molecule has 0 radical (unpaired) electrons. The van der Waals surface area contributed by atoms with Crippen LogP contribution in [0.4, 0.5) is 0 Å². The molecule has 0 aliphatic heterocycles. The molecule has 1 aromatic rings. The van der Waals surface area contributed by atoms with Crippen LogP contribution < -0.4 is 5.32 Å². The van der Waals surface area contributed by atoms with E-state index in [0.717, 1.165) is 5.69 Å². The van der Waals surface area contributed by atoms with Gasteiger partial charge in [0.05, 0.1) is 16.9 Å². The topological polar surface area (TPSA) is 71.5 Å². The van der Waals surface area contributed by atoms with Gasteiger partial charge in [-0.1, -0.05) is 0 Å². The molecule has 2 N–H and O–H groups in total. The van der Waals surface area contributed by atoms with Crippen molar-refractivity contribution in [2.45, 2.75) is 32.9 Å². The van der Waals surface area contributed by atoms with Gasteiger partial charge in [0.15, 0.2) is 0 Å². The molecule has 0 atom stereocenters. The molecule has 100 valence electrons. The molecule has 18 heavy (non-hydrogen) atoms. The van der Waals surface area contributed by atoms with Crippen molar-refractivity contribution < 1.29 is 14.6 Å². The van der Waals surface area contributed by atoms with E-state index in [0.29, 0.717) is 19.7 Å². The van der Waals surface area contributed by atoms with E-state index in [-0.39, 0.29) is 11.2 Å². The van der Waals surface area contributed by atoms with Gasteiger partial charge in [-0.2, -0.15) is 0 Å². The average molecular weight is 252 g/mol. The summed E-state index contributed by atoms with van der Waals surface area (Å²) < 4.78 is 5.56. The summed E-state index contributed by atoms with van der Waals surface area (Å²) in [6, 6.07) is 3.27. The van der Waals surface area contributed by atoms with Gasteiger partial charge >= 0.3 is 5.97 Å². The van der Waals surface area contributed by atoms with E-state index in [1.54, 1.807) is 12.1 Å². The van der Waals surface area contributed by atoms with E-state index in [1.807, 2.05) is 20.8 Å². The summed E-state index contributed by atoms with van der Waals surface area (Å²) >= 11 is 0. The lowest BCUT2D eigenvalue weighted by molar-refractivity contribution is -0.00902. The zero-order chi connectivity index (χ0) is 13.6. The van der Waals surface area contributed by atoms with E-state index in [9.17, 15) is 4.79 Å². The maximum absolute atomic E-state index is 10.7. The Morgan fingerprint density at radius 3 is 2.72 bits per heavy atom. The predicted octanol–water partition coefficient (Wildman–Crippen LogP) is 1.68. The highest BCUT2D eigenvalue weighted by atomic mass is 16.5. The smallest absolute Gasteiger partial charge is 0.337 e. The summed E-state index contributed by atoms with van der Waals surface area (Å²) in [5, 5.41) is 12.0. The molecule has 1 rings (SSSR count). The Morgan fingerprint density at radius 1 is 1.50 bits per heavy atom. The highest BCUT2D eigenvalue weighted by molar-refractivity contribution is 5.87. The summed E-state index contributed by atoms with van der Waals surface area (Å²) in [4.78, 5) is 14.7. The molecule has 0 spiro atoms. The second kappa shape index (κ2) is 6.47. The second-order valence-electron chi connectivity index (χ2n) is 4.64.